The predicted molar refractivity (Wildman–Crippen MR) is 171 cm³/mol. The lowest BCUT2D eigenvalue weighted by atomic mass is 10.1. The van der Waals surface area contributed by atoms with E-state index in [1.165, 1.54) is 79.7 Å². The van der Waals surface area contributed by atoms with Crippen LogP contribution in [0.5, 0.6) is 0 Å². The molecule has 0 N–H and O–H groups in total. The van der Waals surface area contributed by atoms with Gasteiger partial charge in [0.05, 0.1) is 33.4 Å². The van der Waals surface area contributed by atoms with Crippen molar-refractivity contribution in [2.75, 3.05) is 6.54 Å². The Balaban J connectivity index is 1.82. The van der Waals surface area contributed by atoms with Crippen molar-refractivity contribution in [3.8, 4) is 0 Å². The van der Waals surface area contributed by atoms with Crippen LogP contribution >= 0.6 is 0 Å². The zero-order chi connectivity index (χ0) is 33.2. The monoisotopic (exact) mass is 623 g/mol. The van der Waals surface area contributed by atoms with Crippen molar-refractivity contribution < 1.29 is 38.0 Å². The Hall–Kier alpha value is -6.00. The second-order valence-electron chi connectivity index (χ2n) is 10.8. The lowest BCUT2D eigenvalue weighted by Crippen LogP contribution is -2.82. The number of amides is 6. The molecule has 2 aliphatic rings. The van der Waals surface area contributed by atoms with E-state index in [2.05, 4.69) is 0 Å². The molecule has 0 saturated carbocycles. The first-order valence-corrected chi connectivity index (χ1v) is 15.0. The molecule has 0 unspecified atom stereocenters. The average Bonchev–Trinajstić information content (AvgIpc) is 3.19. The van der Waals surface area contributed by atoms with E-state index in [4.69, 9.17) is 0 Å². The summed E-state index contributed by atoms with van der Waals surface area (Å²) < 4.78 is -3.66. The number of imide groups is 6. The number of hydrogen-bond acceptors (Lipinski definition) is 7. The van der Waals surface area contributed by atoms with Crippen molar-refractivity contribution in [3.63, 3.8) is 0 Å². The van der Waals surface area contributed by atoms with Gasteiger partial charge < -0.3 is 0 Å². The van der Waals surface area contributed by atoms with E-state index < -0.39 is 51.2 Å². The standard InChI is InChI=1S/C38H29N3O6/c1-2-39-40(33(42)27-15-7-3-8-16-27,34(43)28-17-9-4-10-18-28)37(46)31-23-25-32(26-24-31)38(47)41(39,35(44)29-19-11-5-12-20-29)36(45)30-21-13-6-14-22-30/h3-26H,2H2,1H3/q+2. The van der Waals surface area contributed by atoms with Crippen LogP contribution in [0.3, 0.4) is 0 Å². The molecule has 47 heavy (non-hydrogen) atoms. The van der Waals surface area contributed by atoms with Crippen LogP contribution in [-0.2, 0) is 0 Å². The molecule has 0 aliphatic carbocycles. The molecule has 230 valence electrons. The predicted octanol–water partition coefficient (Wildman–Crippen LogP) is 6.13. The maximum atomic E-state index is 15.2. The Labute approximate surface area is 270 Å². The van der Waals surface area contributed by atoms with E-state index in [0.717, 1.165) is 5.12 Å². The van der Waals surface area contributed by atoms with Crippen molar-refractivity contribution in [1.82, 2.24) is 5.12 Å². The van der Waals surface area contributed by atoms with Gasteiger partial charge in [-0.3, -0.25) is 0 Å². The summed E-state index contributed by atoms with van der Waals surface area (Å²) in [6, 6.07) is 36.0. The smallest absolute Gasteiger partial charge is 0.222 e. The summed E-state index contributed by atoms with van der Waals surface area (Å²) >= 11 is 0. The Bertz CT molecular complexity index is 1740. The fraction of sp³-hybridized carbons (Fsp3) is 0.0526. The van der Waals surface area contributed by atoms with E-state index >= 15 is 28.8 Å². The Morgan fingerprint density at radius 2 is 0.660 bits per heavy atom. The first-order chi connectivity index (χ1) is 22.8. The van der Waals surface area contributed by atoms with Gasteiger partial charge in [-0.25, -0.2) is 28.8 Å². The van der Waals surface area contributed by atoms with E-state index in [0.29, 0.717) is 0 Å². The Morgan fingerprint density at radius 1 is 0.426 bits per heavy atom. The third-order valence-electron chi connectivity index (χ3n) is 8.20. The molecule has 9 nitrogen and oxygen atoms in total. The SMILES string of the molecule is CCN1[N+](C(=O)c2ccccc2)(C(=O)c2ccccc2)C(=O)c2ccc(cc2)C(=O)[N+]1(C(=O)c1ccccc1)C(=O)c1ccccc1. The molecule has 2 aliphatic heterocycles. The van der Waals surface area contributed by atoms with Gasteiger partial charge in [0.25, 0.3) is 0 Å². The number of benzene rings is 5. The molecule has 0 atom stereocenters. The molecular weight excluding hydrogens is 594 g/mol. The Kier molecular flexibility index (Phi) is 8.19. The van der Waals surface area contributed by atoms with Gasteiger partial charge in [-0.15, -0.1) is 0 Å². The third-order valence-corrected chi connectivity index (χ3v) is 8.20. The van der Waals surface area contributed by atoms with E-state index in [9.17, 15) is 0 Å². The Morgan fingerprint density at radius 3 is 0.872 bits per heavy atom. The van der Waals surface area contributed by atoms with Crippen LogP contribution in [0.4, 0.5) is 0 Å². The highest BCUT2D eigenvalue weighted by atomic mass is 16.3. The zero-order valence-electron chi connectivity index (χ0n) is 25.4. The van der Waals surface area contributed by atoms with Crippen LogP contribution in [-0.4, -0.2) is 56.3 Å². The number of carbonyl (C=O) groups excluding carboxylic acids is 6. The van der Waals surface area contributed by atoms with Gasteiger partial charge in [0, 0.05) is 14.3 Å². The first kappa shape index (κ1) is 31.0. The van der Waals surface area contributed by atoms with Crippen LogP contribution in [0.1, 0.15) is 69.1 Å². The topological polar surface area (TPSA) is 106 Å². The van der Waals surface area contributed by atoms with E-state index in [1.807, 2.05) is 0 Å². The molecule has 0 aromatic heterocycles. The first-order valence-electron chi connectivity index (χ1n) is 15.0. The quantitative estimate of drug-likeness (QED) is 0.171. The summed E-state index contributed by atoms with van der Waals surface area (Å²) in [5, 5.41) is 0.847. The highest BCUT2D eigenvalue weighted by Gasteiger charge is 2.73. The van der Waals surface area contributed by atoms with Crippen molar-refractivity contribution in [1.29, 1.82) is 0 Å². The second-order valence-corrected chi connectivity index (χ2v) is 10.8. The summed E-state index contributed by atoms with van der Waals surface area (Å²) in [4.78, 5) is 90.9. The number of quaternary nitrogens is 2. The van der Waals surface area contributed by atoms with Crippen LogP contribution in [0.15, 0.2) is 146 Å². The summed E-state index contributed by atoms with van der Waals surface area (Å²) in [5.74, 6) is -6.28. The van der Waals surface area contributed by atoms with Gasteiger partial charge >= 0.3 is 35.4 Å². The normalized spacial score (nSPS) is 15.3. The molecule has 2 heterocycles. The molecule has 0 radical (unpaired) electrons. The van der Waals surface area contributed by atoms with E-state index in [1.54, 1.807) is 72.8 Å². The zero-order valence-corrected chi connectivity index (χ0v) is 25.4. The molecule has 0 saturated heterocycles. The minimum atomic E-state index is -1.83. The third kappa shape index (κ3) is 4.77. The van der Waals surface area contributed by atoms with Crippen LogP contribution < -0.4 is 0 Å². The molecule has 5 aromatic rings. The number of fused-ring (bicyclic) bond motifs is 6. The van der Waals surface area contributed by atoms with Crippen LogP contribution in [0, 0.1) is 0 Å². The molecular formula is C38H29N3O6+2. The molecule has 0 fully saturated rings. The van der Waals surface area contributed by atoms with Gasteiger partial charge in [-0.05, 0) is 79.7 Å². The van der Waals surface area contributed by atoms with Crippen LogP contribution in [0.2, 0.25) is 0 Å². The minimum absolute atomic E-state index is 0.0524. The maximum absolute atomic E-state index is 15.2. The van der Waals surface area contributed by atoms with Gasteiger partial charge in [0.15, 0.2) is 0 Å². The summed E-state index contributed by atoms with van der Waals surface area (Å²) in [7, 11) is 0. The fourth-order valence-corrected chi connectivity index (χ4v) is 6.01. The number of carbonyl (C=O) groups is 6. The highest BCUT2D eigenvalue weighted by Crippen LogP contribution is 2.38. The van der Waals surface area contributed by atoms with Gasteiger partial charge in [-0.1, -0.05) is 72.8 Å². The van der Waals surface area contributed by atoms with E-state index in [-0.39, 0.29) is 33.4 Å². The van der Waals surface area contributed by atoms with Crippen molar-refractivity contribution in [2.45, 2.75) is 6.92 Å². The summed E-state index contributed by atoms with van der Waals surface area (Å²) in [5.41, 5.74) is -0.361. The lowest BCUT2D eigenvalue weighted by molar-refractivity contribution is -1.06. The highest BCUT2D eigenvalue weighted by molar-refractivity contribution is 6.16. The lowest BCUT2D eigenvalue weighted by Gasteiger charge is -2.43. The molecule has 6 amide bonds. The van der Waals surface area contributed by atoms with Crippen molar-refractivity contribution >= 4 is 35.4 Å². The molecule has 2 bridgehead atoms. The van der Waals surface area contributed by atoms with Gasteiger partial charge in [0.2, 0.25) is 0 Å². The summed E-state index contributed by atoms with van der Waals surface area (Å²) in [6.07, 6.45) is 0. The second kappa shape index (κ2) is 12.4. The molecule has 7 rings (SSSR count). The molecule has 0 spiro atoms. The number of nitrogens with zero attached hydrogens (tertiary/aromatic N) is 3. The molecule has 5 aromatic carbocycles. The van der Waals surface area contributed by atoms with Gasteiger partial charge in [-0.2, -0.15) is 0 Å². The van der Waals surface area contributed by atoms with Crippen LogP contribution in [0.25, 0.3) is 0 Å². The van der Waals surface area contributed by atoms with Crippen molar-refractivity contribution in [2.24, 2.45) is 0 Å². The van der Waals surface area contributed by atoms with Gasteiger partial charge in [0.1, 0.15) is 6.54 Å². The molecule has 9 heteroatoms. The summed E-state index contributed by atoms with van der Waals surface area (Å²) in [6.45, 7) is 1.04. The largest absolute Gasteiger partial charge is 0.385 e. The maximum Gasteiger partial charge on any atom is 0.385 e. The average molecular weight is 624 g/mol. The fourth-order valence-electron chi connectivity index (χ4n) is 6.01. The minimum Gasteiger partial charge on any atom is -0.222 e. The number of hydrogen-bond donors (Lipinski definition) is 0. The van der Waals surface area contributed by atoms with Crippen molar-refractivity contribution in [3.05, 3.63) is 179 Å². The number of rotatable bonds is 5.